The zero-order valence-corrected chi connectivity index (χ0v) is 16.2. The number of rotatable bonds is 4. The number of aryl methyl sites for hydroxylation is 2. The van der Waals surface area contributed by atoms with Crippen LogP contribution in [0.3, 0.4) is 0 Å². The lowest BCUT2D eigenvalue weighted by atomic mass is 10.2. The lowest BCUT2D eigenvalue weighted by Crippen LogP contribution is -2.01. The number of aromatic nitrogens is 1. The molecule has 1 aromatic heterocycles. The van der Waals surface area contributed by atoms with E-state index in [2.05, 4.69) is 11.8 Å². The summed E-state index contributed by atoms with van der Waals surface area (Å²) in [5.41, 5.74) is 2.02. The summed E-state index contributed by atoms with van der Waals surface area (Å²) in [6, 6.07) is 15.4. The van der Waals surface area contributed by atoms with Crippen LogP contribution < -0.4 is 9.47 Å². The van der Waals surface area contributed by atoms with E-state index in [4.69, 9.17) is 33.3 Å². The maximum atomic E-state index is 5.93. The second kappa shape index (κ2) is 8.27. The summed E-state index contributed by atoms with van der Waals surface area (Å²) >= 11 is 11.3. The highest BCUT2D eigenvalue weighted by molar-refractivity contribution is 7.71. The van der Waals surface area contributed by atoms with Crippen LogP contribution in [0.4, 0.5) is 0 Å². The fourth-order valence-corrected chi connectivity index (χ4v) is 3.04. The zero-order valence-electron chi connectivity index (χ0n) is 14.6. The molecular formula is C21H18ClNO2S. The molecule has 5 heteroatoms. The predicted molar refractivity (Wildman–Crippen MR) is 109 cm³/mol. The first-order chi connectivity index (χ1) is 12.6. The minimum absolute atomic E-state index is 0.273. The lowest BCUT2D eigenvalue weighted by molar-refractivity contribution is 0.362. The van der Waals surface area contributed by atoms with Crippen molar-refractivity contribution in [2.24, 2.45) is 7.05 Å². The Kier molecular flexibility index (Phi) is 5.82. The third-order valence-corrected chi connectivity index (χ3v) is 4.60. The highest BCUT2D eigenvalue weighted by atomic mass is 35.5. The summed E-state index contributed by atoms with van der Waals surface area (Å²) in [6.45, 7) is 2.52. The molecule has 0 aliphatic carbocycles. The highest BCUT2D eigenvalue weighted by Crippen LogP contribution is 2.25. The van der Waals surface area contributed by atoms with Gasteiger partial charge in [0.2, 0.25) is 0 Å². The molecule has 3 nitrogen and oxygen atoms in total. The fourth-order valence-electron chi connectivity index (χ4n) is 2.60. The van der Waals surface area contributed by atoms with Crippen molar-refractivity contribution in [1.82, 2.24) is 4.57 Å². The van der Waals surface area contributed by atoms with Crippen molar-refractivity contribution in [3.8, 4) is 23.3 Å². The van der Waals surface area contributed by atoms with E-state index < -0.39 is 0 Å². The maximum absolute atomic E-state index is 5.93. The highest BCUT2D eigenvalue weighted by Gasteiger charge is 2.04. The molecule has 0 N–H and O–H groups in total. The Morgan fingerprint density at radius 1 is 1.00 bits per heavy atom. The van der Waals surface area contributed by atoms with Gasteiger partial charge in [0.1, 0.15) is 29.4 Å². The summed E-state index contributed by atoms with van der Waals surface area (Å²) in [6.07, 6.45) is 0. The lowest BCUT2D eigenvalue weighted by Gasteiger charge is -2.11. The fraction of sp³-hybridized carbons (Fsp3) is 0.190. The molecule has 0 aliphatic heterocycles. The second-order valence-electron chi connectivity index (χ2n) is 5.76. The summed E-state index contributed by atoms with van der Waals surface area (Å²) in [5, 5.41) is 1.71. The molecule has 0 unspecified atom stereocenters. The van der Waals surface area contributed by atoms with Crippen molar-refractivity contribution >= 4 is 34.7 Å². The van der Waals surface area contributed by atoms with Gasteiger partial charge in [0, 0.05) is 23.5 Å². The SMILES string of the molecule is Cc1cc(Cl)ccc1OCC#CCOc1cc(=S)n(C)c2ccccc12. The largest absolute Gasteiger partial charge is 0.481 e. The molecule has 132 valence electrons. The van der Waals surface area contributed by atoms with Gasteiger partial charge < -0.3 is 14.0 Å². The van der Waals surface area contributed by atoms with E-state index in [-0.39, 0.29) is 6.61 Å². The van der Waals surface area contributed by atoms with Crippen molar-refractivity contribution in [3.63, 3.8) is 0 Å². The van der Waals surface area contributed by atoms with Gasteiger partial charge in [-0.05, 0) is 42.8 Å². The van der Waals surface area contributed by atoms with E-state index in [9.17, 15) is 0 Å². The number of nitrogens with zero attached hydrogens (tertiary/aromatic N) is 1. The molecule has 3 aromatic rings. The number of fused-ring (bicyclic) bond motifs is 1. The van der Waals surface area contributed by atoms with Crippen LogP contribution in [0.25, 0.3) is 10.9 Å². The molecule has 0 spiro atoms. The minimum atomic E-state index is 0.273. The molecule has 0 radical (unpaired) electrons. The topological polar surface area (TPSA) is 23.4 Å². The van der Waals surface area contributed by atoms with Crippen LogP contribution in [-0.4, -0.2) is 17.8 Å². The van der Waals surface area contributed by atoms with E-state index in [1.54, 1.807) is 6.07 Å². The van der Waals surface area contributed by atoms with Crippen LogP contribution in [0.2, 0.25) is 5.02 Å². The molecule has 0 amide bonds. The third-order valence-electron chi connectivity index (χ3n) is 3.98. The van der Waals surface area contributed by atoms with Gasteiger partial charge in [0.25, 0.3) is 0 Å². The van der Waals surface area contributed by atoms with Gasteiger partial charge in [-0.25, -0.2) is 0 Å². The van der Waals surface area contributed by atoms with Gasteiger partial charge >= 0.3 is 0 Å². The van der Waals surface area contributed by atoms with E-state index in [1.807, 2.05) is 61.0 Å². The average molecular weight is 384 g/mol. The molecule has 0 fully saturated rings. The Morgan fingerprint density at radius 3 is 2.42 bits per heavy atom. The van der Waals surface area contributed by atoms with Crippen molar-refractivity contribution in [3.05, 3.63) is 63.8 Å². The van der Waals surface area contributed by atoms with E-state index in [1.165, 1.54) is 0 Å². The molecule has 1 heterocycles. The van der Waals surface area contributed by atoms with Gasteiger partial charge in [-0.1, -0.05) is 47.8 Å². The first kappa shape index (κ1) is 18.3. The first-order valence-corrected chi connectivity index (χ1v) is 8.91. The number of benzene rings is 2. The number of pyridine rings is 1. The van der Waals surface area contributed by atoms with Crippen LogP contribution in [0, 0.1) is 23.4 Å². The molecule has 26 heavy (non-hydrogen) atoms. The molecule has 0 saturated heterocycles. The minimum Gasteiger partial charge on any atom is -0.481 e. The van der Waals surface area contributed by atoms with Gasteiger partial charge in [0.15, 0.2) is 0 Å². The molecule has 0 atom stereocenters. The van der Waals surface area contributed by atoms with Gasteiger partial charge in [0.05, 0.1) is 5.52 Å². The van der Waals surface area contributed by atoms with Crippen molar-refractivity contribution in [2.75, 3.05) is 13.2 Å². The Morgan fingerprint density at radius 2 is 1.69 bits per heavy atom. The van der Waals surface area contributed by atoms with Crippen LogP contribution in [0.15, 0.2) is 48.5 Å². The number of para-hydroxylation sites is 1. The number of hydrogen-bond acceptors (Lipinski definition) is 3. The quantitative estimate of drug-likeness (QED) is 0.449. The Balaban J connectivity index is 1.63. The van der Waals surface area contributed by atoms with E-state index >= 15 is 0 Å². The standard InChI is InChI=1S/C21H18ClNO2S/c1-15-13-16(22)9-10-19(15)24-11-5-6-12-25-20-14-21(26)23(2)18-8-4-3-7-17(18)20/h3-4,7-10,13-14H,11-12H2,1-2H3. The zero-order chi connectivity index (χ0) is 18.5. The van der Waals surface area contributed by atoms with Crippen LogP contribution in [0.1, 0.15) is 5.56 Å². The number of ether oxygens (including phenoxy) is 2. The van der Waals surface area contributed by atoms with E-state index in [0.29, 0.717) is 16.3 Å². The summed E-state index contributed by atoms with van der Waals surface area (Å²) in [5.74, 6) is 7.45. The second-order valence-corrected chi connectivity index (χ2v) is 6.62. The third kappa shape index (κ3) is 4.19. The predicted octanol–water partition coefficient (Wildman–Crippen LogP) is 5.33. The molecule has 0 aliphatic rings. The maximum Gasteiger partial charge on any atom is 0.149 e. The molecule has 0 saturated carbocycles. The van der Waals surface area contributed by atoms with Gasteiger partial charge in [-0.3, -0.25) is 0 Å². The summed E-state index contributed by atoms with van der Waals surface area (Å²) in [4.78, 5) is 0. The Bertz CT molecular complexity index is 1060. The average Bonchev–Trinajstić information content (AvgIpc) is 2.63. The van der Waals surface area contributed by atoms with Gasteiger partial charge in [-0.15, -0.1) is 0 Å². The monoisotopic (exact) mass is 383 g/mol. The van der Waals surface area contributed by atoms with Crippen LogP contribution in [0.5, 0.6) is 11.5 Å². The van der Waals surface area contributed by atoms with Gasteiger partial charge in [-0.2, -0.15) is 0 Å². The van der Waals surface area contributed by atoms with Crippen molar-refractivity contribution in [2.45, 2.75) is 6.92 Å². The molecular weight excluding hydrogens is 366 g/mol. The van der Waals surface area contributed by atoms with Crippen LogP contribution in [-0.2, 0) is 7.05 Å². The normalized spacial score (nSPS) is 10.3. The molecule has 0 bridgehead atoms. The Labute approximate surface area is 163 Å². The Hall–Kier alpha value is -2.48. The van der Waals surface area contributed by atoms with Crippen LogP contribution >= 0.6 is 23.8 Å². The summed E-state index contributed by atoms with van der Waals surface area (Å²) < 4.78 is 14.1. The van der Waals surface area contributed by atoms with Crippen molar-refractivity contribution < 1.29 is 9.47 Å². The molecule has 3 rings (SSSR count). The smallest absolute Gasteiger partial charge is 0.149 e. The first-order valence-electron chi connectivity index (χ1n) is 8.12. The van der Waals surface area contributed by atoms with Crippen molar-refractivity contribution in [1.29, 1.82) is 0 Å². The molecule has 2 aromatic carbocycles. The number of hydrogen-bond donors (Lipinski definition) is 0. The summed E-state index contributed by atoms with van der Waals surface area (Å²) in [7, 11) is 1.95. The number of halogens is 1. The van der Waals surface area contributed by atoms with E-state index in [0.717, 1.165) is 28.0 Å².